The number of aryl methyl sites for hydroxylation is 1. The number of nitro groups is 1. The van der Waals surface area contributed by atoms with Gasteiger partial charge in [0.25, 0.3) is 5.69 Å². The van der Waals surface area contributed by atoms with Gasteiger partial charge in [-0.05, 0) is 25.5 Å². The second-order valence-electron chi connectivity index (χ2n) is 3.18. The summed E-state index contributed by atoms with van der Waals surface area (Å²) in [6.07, 6.45) is 0.455. The first-order chi connectivity index (χ1) is 6.97. The summed E-state index contributed by atoms with van der Waals surface area (Å²) in [4.78, 5) is 31.9. The lowest BCUT2D eigenvalue weighted by molar-refractivity contribution is -0.385. The summed E-state index contributed by atoms with van der Waals surface area (Å²) in [6, 6.07) is 2.74. The number of aldehydes is 1. The van der Waals surface area contributed by atoms with E-state index in [4.69, 9.17) is 0 Å². The maximum Gasteiger partial charge on any atom is 0.281 e. The molecule has 0 N–H and O–H groups in total. The molecule has 0 unspecified atom stereocenters. The monoisotopic (exact) mass is 207 g/mol. The van der Waals surface area contributed by atoms with Crippen LogP contribution in [0.2, 0.25) is 0 Å². The molecule has 5 heteroatoms. The first-order valence-corrected chi connectivity index (χ1v) is 4.22. The molecular formula is C10H9NO4. The third-order valence-electron chi connectivity index (χ3n) is 1.97. The molecule has 1 aromatic carbocycles. The fourth-order valence-corrected chi connectivity index (χ4v) is 1.42. The number of Topliss-reactive ketones (excluding diaryl/α,β-unsaturated/α-hetero) is 1. The molecule has 0 aliphatic carbocycles. The van der Waals surface area contributed by atoms with Crippen molar-refractivity contribution in [1.29, 1.82) is 0 Å². The van der Waals surface area contributed by atoms with Crippen molar-refractivity contribution in [2.75, 3.05) is 0 Å². The van der Waals surface area contributed by atoms with Crippen LogP contribution in [0.4, 0.5) is 5.69 Å². The van der Waals surface area contributed by atoms with Crippen molar-refractivity contribution in [3.8, 4) is 0 Å². The van der Waals surface area contributed by atoms with E-state index in [-0.39, 0.29) is 16.8 Å². The molecule has 0 saturated carbocycles. The van der Waals surface area contributed by atoms with Crippen LogP contribution in [-0.2, 0) is 0 Å². The largest absolute Gasteiger partial charge is 0.298 e. The molecule has 0 atom stereocenters. The van der Waals surface area contributed by atoms with Crippen molar-refractivity contribution in [3.05, 3.63) is 38.9 Å². The van der Waals surface area contributed by atoms with Crippen LogP contribution in [-0.4, -0.2) is 17.0 Å². The van der Waals surface area contributed by atoms with Gasteiger partial charge in [0.1, 0.15) is 5.56 Å². The van der Waals surface area contributed by atoms with E-state index in [1.54, 1.807) is 6.92 Å². The number of nitro benzene ring substituents is 1. The number of carbonyl (C=O) groups excluding carboxylic acids is 2. The van der Waals surface area contributed by atoms with Crippen molar-refractivity contribution in [2.45, 2.75) is 13.8 Å². The Morgan fingerprint density at radius 1 is 1.47 bits per heavy atom. The number of benzene rings is 1. The van der Waals surface area contributed by atoms with Gasteiger partial charge >= 0.3 is 0 Å². The Labute approximate surface area is 85.9 Å². The molecule has 15 heavy (non-hydrogen) atoms. The van der Waals surface area contributed by atoms with Gasteiger partial charge in [0, 0.05) is 11.6 Å². The third kappa shape index (κ3) is 2.07. The van der Waals surface area contributed by atoms with Gasteiger partial charge < -0.3 is 0 Å². The maximum absolute atomic E-state index is 11.2. The summed E-state index contributed by atoms with van der Waals surface area (Å²) >= 11 is 0. The third-order valence-corrected chi connectivity index (χ3v) is 1.97. The zero-order valence-electron chi connectivity index (χ0n) is 8.31. The van der Waals surface area contributed by atoms with E-state index in [9.17, 15) is 19.7 Å². The minimum atomic E-state index is -0.656. The molecule has 0 aliphatic rings. The zero-order chi connectivity index (χ0) is 11.6. The predicted molar refractivity (Wildman–Crippen MR) is 53.2 cm³/mol. The molecule has 1 rings (SSSR count). The van der Waals surface area contributed by atoms with Crippen LogP contribution in [0.15, 0.2) is 12.1 Å². The van der Waals surface area contributed by atoms with Gasteiger partial charge in [0.2, 0.25) is 0 Å². The molecule has 0 spiro atoms. The molecule has 78 valence electrons. The molecule has 0 aromatic heterocycles. The van der Waals surface area contributed by atoms with Crippen molar-refractivity contribution in [2.24, 2.45) is 0 Å². The van der Waals surface area contributed by atoms with E-state index in [2.05, 4.69) is 0 Å². The fraction of sp³-hybridized carbons (Fsp3) is 0.200. The molecule has 1 aromatic rings. The Hall–Kier alpha value is -2.04. The summed E-state index contributed by atoms with van der Waals surface area (Å²) in [5.41, 5.74) is 0.202. The smallest absolute Gasteiger partial charge is 0.281 e. The Bertz CT molecular complexity index is 451. The molecule has 0 heterocycles. The number of nitrogens with zero attached hydrogens (tertiary/aromatic N) is 1. The van der Waals surface area contributed by atoms with Crippen LogP contribution in [0.5, 0.6) is 0 Å². The second-order valence-corrected chi connectivity index (χ2v) is 3.18. The molecule has 0 bridgehead atoms. The van der Waals surface area contributed by atoms with Crippen molar-refractivity contribution < 1.29 is 14.5 Å². The highest BCUT2D eigenvalue weighted by atomic mass is 16.6. The lowest BCUT2D eigenvalue weighted by atomic mass is 10.0. The van der Waals surface area contributed by atoms with Crippen LogP contribution >= 0.6 is 0 Å². The summed E-state index contributed by atoms with van der Waals surface area (Å²) < 4.78 is 0. The highest BCUT2D eigenvalue weighted by molar-refractivity contribution is 6.05. The summed E-state index contributed by atoms with van der Waals surface area (Å²) in [7, 11) is 0. The Morgan fingerprint density at radius 3 is 2.47 bits per heavy atom. The van der Waals surface area contributed by atoms with Crippen molar-refractivity contribution in [3.63, 3.8) is 0 Å². The first kappa shape index (κ1) is 11.0. The van der Waals surface area contributed by atoms with E-state index < -0.39 is 10.7 Å². The molecule has 0 fully saturated rings. The maximum atomic E-state index is 11.2. The van der Waals surface area contributed by atoms with Gasteiger partial charge in [0.05, 0.1) is 4.92 Å². The fourth-order valence-electron chi connectivity index (χ4n) is 1.42. The van der Waals surface area contributed by atoms with E-state index in [1.807, 2.05) is 0 Å². The molecule has 0 radical (unpaired) electrons. The van der Waals surface area contributed by atoms with Gasteiger partial charge in [-0.3, -0.25) is 19.7 Å². The van der Waals surface area contributed by atoms with E-state index in [0.29, 0.717) is 11.8 Å². The standard InChI is InChI=1S/C10H9NO4/c1-6-3-8(5-12)10(7(2)13)9(4-6)11(14)15/h3-5H,1-2H3. The van der Waals surface area contributed by atoms with Gasteiger partial charge in [-0.2, -0.15) is 0 Å². The second kappa shape index (κ2) is 4.00. The van der Waals surface area contributed by atoms with Gasteiger partial charge in [-0.25, -0.2) is 0 Å². The number of rotatable bonds is 3. The molecule has 0 aliphatic heterocycles. The molecule has 5 nitrogen and oxygen atoms in total. The normalized spacial score (nSPS) is 9.73. The summed E-state index contributed by atoms with van der Waals surface area (Å²) in [6.45, 7) is 2.83. The van der Waals surface area contributed by atoms with Crippen molar-refractivity contribution in [1.82, 2.24) is 0 Å². The van der Waals surface area contributed by atoms with E-state index >= 15 is 0 Å². The highest BCUT2D eigenvalue weighted by Crippen LogP contribution is 2.24. The van der Waals surface area contributed by atoms with Crippen LogP contribution in [0, 0.1) is 17.0 Å². The Kier molecular flexibility index (Phi) is 2.94. The zero-order valence-corrected chi connectivity index (χ0v) is 8.31. The summed E-state index contributed by atoms with van der Waals surface area (Å²) in [5.74, 6) is -0.483. The average molecular weight is 207 g/mol. The average Bonchev–Trinajstić information content (AvgIpc) is 2.15. The summed E-state index contributed by atoms with van der Waals surface area (Å²) in [5, 5.41) is 10.7. The number of carbonyl (C=O) groups is 2. The van der Waals surface area contributed by atoms with E-state index in [1.165, 1.54) is 19.1 Å². The van der Waals surface area contributed by atoms with Crippen molar-refractivity contribution >= 4 is 17.8 Å². The number of ketones is 1. The van der Waals surface area contributed by atoms with Gasteiger partial charge in [-0.1, -0.05) is 0 Å². The minimum Gasteiger partial charge on any atom is -0.298 e. The molecule has 0 amide bonds. The topological polar surface area (TPSA) is 77.3 Å². The minimum absolute atomic E-state index is 0.0641. The van der Waals surface area contributed by atoms with Crippen LogP contribution in [0.1, 0.15) is 33.2 Å². The predicted octanol–water partition coefficient (Wildman–Crippen LogP) is 1.92. The molecular weight excluding hydrogens is 198 g/mol. The van der Waals surface area contributed by atoms with Crippen LogP contribution in [0.25, 0.3) is 0 Å². The Balaban J connectivity index is 3.61. The van der Waals surface area contributed by atoms with Gasteiger partial charge in [-0.15, -0.1) is 0 Å². The quantitative estimate of drug-likeness (QED) is 0.328. The van der Waals surface area contributed by atoms with Crippen LogP contribution < -0.4 is 0 Å². The molecule has 0 saturated heterocycles. The SMILES string of the molecule is CC(=O)c1c(C=O)cc(C)cc1[N+](=O)[O-]. The van der Waals surface area contributed by atoms with Crippen LogP contribution in [0.3, 0.4) is 0 Å². The number of hydrogen-bond donors (Lipinski definition) is 0. The van der Waals surface area contributed by atoms with E-state index in [0.717, 1.165) is 0 Å². The lowest BCUT2D eigenvalue weighted by Gasteiger charge is -2.03. The Morgan fingerprint density at radius 2 is 2.07 bits per heavy atom. The highest BCUT2D eigenvalue weighted by Gasteiger charge is 2.21. The van der Waals surface area contributed by atoms with Gasteiger partial charge in [0.15, 0.2) is 12.1 Å². The number of hydrogen-bond acceptors (Lipinski definition) is 4. The lowest BCUT2D eigenvalue weighted by Crippen LogP contribution is -2.05. The first-order valence-electron chi connectivity index (χ1n) is 4.22.